The Labute approximate surface area is 184 Å². The van der Waals surface area contributed by atoms with Crippen molar-refractivity contribution in [3.05, 3.63) is 30.1 Å². The van der Waals surface area contributed by atoms with Crippen LogP contribution in [-0.2, 0) is 20.8 Å². The molecule has 2 bridgehead atoms. The molecule has 2 aliphatic heterocycles. The number of carbonyl (C=O) groups is 2. The third kappa shape index (κ3) is 4.69. The van der Waals surface area contributed by atoms with Gasteiger partial charge in [-0.25, -0.2) is 23.4 Å². The topological polar surface area (TPSA) is 82.9 Å². The Morgan fingerprint density at radius 1 is 1.25 bits per heavy atom. The van der Waals surface area contributed by atoms with Gasteiger partial charge in [0.2, 0.25) is 0 Å². The molecule has 8 nitrogen and oxygen atoms in total. The van der Waals surface area contributed by atoms with Crippen LogP contribution in [0.25, 0.3) is 11.0 Å². The Balaban J connectivity index is 1.49. The predicted molar refractivity (Wildman–Crippen MR) is 111 cm³/mol. The van der Waals surface area contributed by atoms with E-state index in [-0.39, 0.29) is 17.6 Å². The molecule has 0 saturated carbocycles. The molecule has 2 saturated heterocycles. The third-order valence-corrected chi connectivity index (χ3v) is 5.54. The summed E-state index contributed by atoms with van der Waals surface area (Å²) in [5.74, 6) is -0.592. The molecule has 4 heterocycles. The van der Waals surface area contributed by atoms with E-state index in [1.54, 1.807) is 17.0 Å². The van der Waals surface area contributed by atoms with E-state index < -0.39 is 36.7 Å². The summed E-state index contributed by atoms with van der Waals surface area (Å²) < 4.78 is 44.1. The van der Waals surface area contributed by atoms with E-state index in [0.29, 0.717) is 37.1 Å². The standard InChI is InChI=1S/C22H27F2N3O5/c1-22(2,3)32-21(29)27-13-7-15(8-14(27)12-30-11-13)31-20(28)17-9-26(10-18(23)24)19-16(17)5-4-6-25-19/h4-6,9,13-15,18H,7-8,10-12H2,1-3H3/t13-,14+,15-. The van der Waals surface area contributed by atoms with Crippen molar-refractivity contribution in [3.8, 4) is 0 Å². The van der Waals surface area contributed by atoms with Crippen molar-refractivity contribution in [2.45, 2.75) is 70.4 Å². The maximum Gasteiger partial charge on any atom is 0.410 e. The number of aromatic nitrogens is 2. The first-order chi connectivity index (χ1) is 15.1. The zero-order valence-corrected chi connectivity index (χ0v) is 18.3. The summed E-state index contributed by atoms with van der Waals surface area (Å²) >= 11 is 0. The molecule has 174 valence electrons. The Bertz CT molecular complexity index is 989. The van der Waals surface area contributed by atoms with Gasteiger partial charge < -0.3 is 18.8 Å². The van der Waals surface area contributed by atoms with E-state index in [0.717, 1.165) is 0 Å². The van der Waals surface area contributed by atoms with E-state index in [1.807, 2.05) is 20.8 Å². The molecule has 2 aromatic heterocycles. The predicted octanol–water partition coefficient (Wildman–Crippen LogP) is 3.63. The zero-order chi connectivity index (χ0) is 23.0. The minimum absolute atomic E-state index is 0.199. The number of morpholine rings is 1. The summed E-state index contributed by atoms with van der Waals surface area (Å²) in [6.07, 6.45) is 0.281. The molecule has 0 unspecified atom stereocenters. The fourth-order valence-corrected chi connectivity index (χ4v) is 4.36. The number of hydrogen-bond acceptors (Lipinski definition) is 6. The van der Waals surface area contributed by atoms with E-state index in [9.17, 15) is 18.4 Å². The molecule has 10 heteroatoms. The van der Waals surface area contributed by atoms with Gasteiger partial charge in [0.15, 0.2) is 0 Å². The second kappa shape index (κ2) is 8.65. The van der Waals surface area contributed by atoms with Crippen LogP contribution in [0.3, 0.4) is 0 Å². The van der Waals surface area contributed by atoms with E-state index in [1.165, 1.54) is 17.0 Å². The van der Waals surface area contributed by atoms with Crippen LogP contribution in [0.5, 0.6) is 0 Å². The summed E-state index contributed by atoms with van der Waals surface area (Å²) in [5, 5.41) is 0.466. The normalized spacial score (nSPS) is 23.4. The highest BCUT2D eigenvalue weighted by atomic mass is 19.3. The number of carbonyl (C=O) groups excluding carboxylic acids is 2. The largest absolute Gasteiger partial charge is 0.459 e. The number of esters is 1. The number of alkyl halides is 2. The van der Waals surface area contributed by atoms with Gasteiger partial charge in [0.05, 0.1) is 37.4 Å². The van der Waals surface area contributed by atoms with Crippen molar-refractivity contribution in [1.29, 1.82) is 0 Å². The first-order valence-electron chi connectivity index (χ1n) is 10.6. The summed E-state index contributed by atoms with van der Waals surface area (Å²) in [5.41, 5.74) is -0.106. The van der Waals surface area contributed by atoms with Gasteiger partial charge in [-0.1, -0.05) is 0 Å². The first kappa shape index (κ1) is 22.4. The molecular weight excluding hydrogens is 424 g/mol. The fourth-order valence-electron chi connectivity index (χ4n) is 4.36. The molecule has 2 aliphatic rings. The van der Waals surface area contributed by atoms with Crippen molar-refractivity contribution >= 4 is 23.1 Å². The minimum Gasteiger partial charge on any atom is -0.459 e. The Morgan fingerprint density at radius 2 is 1.94 bits per heavy atom. The number of rotatable bonds is 4. The first-order valence-corrected chi connectivity index (χ1v) is 10.6. The van der Waals surface area contributed by atoms with Gasteiger partial charge in [0, 0.05) is 30.6 Å². The van der Waals surface area contributed by atoms with Crippen LogP contribution in [0.15, 0.2) is 24.5 Å². The molecule has 4 rings (SSSR count). The molecule has 0 N–H and O–H groups in total. The van der Waals surface area contributed by atoms with E-state index >= 15 is 0 Å². The number of piperidine rings is 1. The maximum atomic E-state index is 13.0. The number of halogens is 2. The van der Waals surface area contributed by atoms with Crippen LogP contribution in [0, 0.1) is 0 Å². The molecule has 2 aromatic rings. The molecule has 0 radical (unpaired) electrons. The highest BCUT2D eigenvalue weighted by Gasteiger charge is 2.44. The number of amides is 1. The van der Waals surface area contributed by atoms with Crippen LogP contribution in [0.1, 0.15) is 44.0 Å². The SMILES string of the molecule is CC(C)(C)OC(=O)N1[C@@H]2COC[C@H]1C[C@@H](OC(=O)c1cn(CC(F)F)c3ncccc13)C2. The molecule has 0 aromatic carbocycles. The number of fused-ring (bicyclic) bond motifs is 3. The van der Waals surface area contributed by atoms with Crippen LogP contribution in [0.4, 0.5) is 13.6 Å². The highest BCUT2D eigenvalue weighted by Crippen LogP contribution is 2.32. The molecule has 3 atom stereocenters. The molecule has 1 amide bonds. The van der Waals surface area contributed by atoms with E-state index in [2.05, 4.69) is 4.98 Å². The van der Waals surface area contributed by atoms with Gasteiger partial charge in [0.25, 0.3) is 6.43 Å². The zero-order valence-electron chi connectivity index (χ0n) is 18.3. The van der Waals surface area contributed by atoms with Crippen LogP contribution < -0.4 is 0 Å². The fraction of sp³-hybridized carbons (Fsp3) is 0.591. The monoisotopic (exact) mass is 451 g/mol. The molecule has 0 aliphatic carbocycles. The Hall–Kier alpha value is -2.75. The average molecular weight is 451 g/mol. The lowest BCUT2D eigenvalue weighted by molar-refractivity contribution is -0.106. The lowest BCUT2D eigenvalue weighted by Gasteiger charge is -2.47. The molecule has 32 heavy (non-hydrogen) atoms. The van der Waals surface area contributed by atoms with Crippen LogP contribution in [-0.4, -0.2) is 69.9 Å². The van der Waals surface area contributed by atoms with Gasteiger partial charge in [-0.15, -0.1) is 0 Å². The maximum absolute atomic E-state index is 13.0. The second-order valence-electron chi connectivity index (χ2n) is 9.19. The molecular formula is C22H27F2N3O5. The van der Waals surface area contributed by atoms with Crippen molar-refractivity contribution < 1.29 is 32.6 Å². The Kier molecular flexibility index (Phi) is 6.07. The second-order valence-corrected chi connectivity index (χ2v) is 9.19. The lowest BCUT2D eigenvalue weighted by Crippen LogP contribution is -2.61. The van der Waals surface area contributed by atoms with Gasteiger partial charge in [-0.3, -0.25) is 4.90 Å². The van der Waals surface area contributed by atoms with Crippen molar-refractivity contribution in [1.82, 2.24) is 14.5 Å². The quantitative estimate of drug-likeness (QED) is 0.661. The smallest absolute Gasteiger partial charge is 0.410 e. The van der Waals surface area contributed by atoms with Crippen molar-refractivity contribution in [3.63, 3.8) is 0 Å². The van der Waals surface area contributed by atoms with Crippen LogP contribution >= 0.6 is 0 Å². The van der Waals surface area contributed by atoms with E-state index in [4.69, 9.17) is 14.2 Å². The van der Waals surface area contributed by atoms with Gasteiger partial charge in [-0.05, 0) is 32.9 Å². The molecule has 2 fully saturated rings. The van der Waals surface area contributed by atoms with Crippen molar-refractivity contribution in [2.24, 2.45) is 0 Å². The summed E-state index contributed by atoms with van der Waals surface area (Å²) in [4.78, 5) is 31.5. The average Bonchev–Trinajstić information content (AvgIpc) is 3.04. The van der Waals surface area contributed by atoms with Gasteiger partial charge >= 0.3 is 12.1 Å². The third-order valence-electron chi connectivity index (χ3n) is 5.54. The Morgan fingerprint density at radius 3 is 2.56 bits per heavy atom. The van der Waals surface area contributed by atoms with Crippen LogP contribution in [0.2, 0.25) is 0 Å². The number of nitrogens with zero attached hydrogens (tertiary/aromatic N) is 3. The van der Waals surface area contributed by atoms with Crippen molar-refractivity contribution in [2.75, 3.05) is 13.2 Å². The van der Waals surface area contributed by atoms with Gasteiger partial charge in [-0.2, -0.15) is 0 Å². The molecule has 0 spiro atoms. The number of pyridine rings is 1. The highest BCUT2D eigenvalue weighted by molar-refractivity contribution is 6.03. The summed E-state index contributed by atoms with van der Waals surface area (Å²) in [6.45, 7) is 5.54. The summed E-state index contributed by atoms with van der Waals surface area (Å²) in [7, 11) is 0. The number of hydrogen-bond donors (Lipinski definition) is 0. The number of ether oxygens (including phenoxy) is 3. The van der Waals surface area contributed by atoms with Gasteiger partial charge in [0.1, 0.15) is 17.4 Å². The minimum atomic E-state index is -2.58. The summed E-state index contributed by atoms with van der Waals surface area (Å²) in [6, 6.07) is 2.77. The lowest BCUT2D eigenvalue weighted by atomic mass is 9.92.